The highest BCUT2D eigenvalue weighted by Crippen LogP contribution is 2.34. The van der Waals surface area contributed by atoms with Crippen LogP contribution in [0, 0.1) is 7.14 Å². The van der Waals surface area contributed by atoms with Crippen molar-refractivity contribution < 1.29 is 19.7 Å². The van der Waals surface area contributed by atoms with Crippen LogP contribution in [-0.2, 0) is 4.79 Å². The first-order valence-electron chi connectivity index (χ1n) is 6.38. The van der Waals surface area contributed by atoms with Gasteiger partial charge in [0.05, 0.1) is 7.49 Å². The number of halogens is 3. The molecule has 1 unspecified atom stereocenters. The van der Waals surface area contributed by atoms with Crippen LogP contribution >= 0.6 is 67.8 Å². The number of aliphatic carboxylic acids is 1. The van der Waals surface area contributed by atoms with Crippen molar-refractivity contribution in [3.05, 3.63) is 49.1 Å². The van der Waals surface area contributed by atoms with E-state index in [9.17, 15) is 9.90 Å². The molecule has 0 aromatic heterocycles. The summed E-state index contributed by atoms with van der Waals surface area (Å²) in [5.41, 5.74) is 6.54. The van der Waals surface area contributed by atoms with Crippen molar-refractivity contribution in [3.63, 3.8) is 0 Å². The number of aromatic hydroxyl groups is 1. The number of ether oxygens (including phenoxy) is 1. The maximum Gasteiger partial charge on any atom is 0.321 e. The molecule has 0 aliphatic heterocycles. The van der Waals surface area contributed by atoms with Gasteiger partial charge in [-0.1, -0.05) is 28.7 Å². The number of hydrogen-bond acceptors (Lipinski definition) is 4. The second-order valence-electron chi connectivity index (χ2n) is 4.66. The minimum Gasteiger partial charge on any atom is -0.507 e. The summed E-state index contributed by atoms with van der Waals surface area (Å²) in [5, 5.41) is 18.5. The van der Waals surface area contributed by atoms with E-state index in [2.05, 4.69) is 22.6 Å². The van der Waals surface area contributed by atoms with Crippen LogP contribution in [0.25, 0.3) is 0 Å². The molecule has 2 aromatic rings. The highest BCUT2D eigenvalue weighted by molar-refractivity contribution is 14.1. The molecule has 2 rings (SSSR count). The van der Waals surface area contributed by atoms with E-state index in [0.29, 0.717) is 15.1 Å². The third-order valence-electron chi connectivity index (χ3n) is 3.02. The summed E-state index contributed by atoms with van der Waals surface area (Å²) < 4.78 is 7.01. The first-order chi connectivity index (χ1) is 10.8. The van der Waals surface area contributed by atoms with Crippen LogP contribution < -0.4 is 10.5 Å². The molecule has 0 heterocycles. The SMILES string of the molecule is N[C@@H](C(=O)O)C(I)c1ccc(Oc2ccc(O)c(I)c2)cc1I. The Kier molecular flexibility index (Phi) is 6.74. The Morgan fingerprint density at radius 3 is 2.17 bits per heavy atom. The van der Waals surface area contributed by atoms with E-state index >= 15 is 0 Å². The summed E-state index contributed by atoms with van der Waals surface area (Å²) in [7, 11) is 0. The van der Waals surface area contributed by atoms with Gasteiger partial charge in [0.25, 0.3) is 0 Å². The molecule has 8 heteroatoms. The Labute approximate surface area is 174 Å². The van der Waals surface area contributed by atoms with Gasteiger partial charge >= 0.3 is 5.97 Å². The quantitative estimate of drug-likeness (QED) is 0.332. The highest BCUT2D eigenvalue weighted by Gasteiger charge is 2.25. The van der Waals surface area contributed by atoms with Gasteiger partial charge in [0.2, 0.25) is 0 Å². The van der Waals surface area contributed by atoms with E-state index in [-0.39, 0.29) is 9.67 Å². The Morgan fingerprint density at radius 2 is 1.65 bits per heavy atom. The van der Waals surface area contributed by atoms with Crippen LogP contribution in [0.2, 0.25) is 0 Å². The fraction of sp³-hybridized carbons (Fsp3) is 0.133. The largest absolute Gasteiger partial charge is 0.507 e. The van der Waals surface area contributed by atoms with E-state index in [0.717, 1.165) is 9.13 Å². The summed E-state index contributed by atoms with van der Waals surface area (Å²) in [6.45, 7) is 0. The molecule has 0 bridgehead atoms. The Hall–Kier alpha value is -0.340. The third kappa shape index (κ3) is 4.82. The molecule has 0 aliphatic carbocycles. The van der Waals surface area contributed by atoms with E-state index in [1.807, 2.05) is 57.3 Å². The number of nitrogens with two attached hydrogens (primary N) is 1. The molecule has 0 saturated carbocycles. The molecular formula is C15H12I3NO4. The lowest BCUT2D eigenvalue weighted by atomic mass is 10.1. The normalized spacial score (nSPS) is 13.4. The monoisotopic (exact) mass is 651 g/mol. The van der Waals surface area contributed by atoms with Crippen LogP contribution in [0.15, 0.2) is 36.4 Å². The van der Waals surface area contributed by atoms with Gasteiger partial charge in [0.15, 0.2) is 0 Å². The summed E-state index contributed by atoms with van der Waals surface area (Å²) in [5.74, 6) is 0.425. The fourth-order valence-electron chi connectivity index (χ4n) is 1.80. The lowest BCUT2D eigenvalue weighted by Crippen LogP contribution is -2.34. The summed E-state index contributed by atoms with van der Waals surface area (Å²) in [6.07, 6.45) is 0. The molecule has 2 aromatic carbocycles. The lowest BCUT2D eigenvalue weighted by Gasteiger charge is -2.17. The molecule has 0 radical (unpaired) electrons. The highest BCUT2D eigenvalue weighted by atomic mass is 127. The first kappa shape index (κ1) is 19.0. The molecule has 23 heavy (non-hydrogen) atoms. The Morgan fingerprint density at radius 1 is 1.09 bits per heavy atom. The van der Waals surface area contributed by atoms with Crippen molar-refractivity contribution in [3.8, 4) is 17.2 Å². The van der Waals surface area contributed by atoms with E-state index in [1.54, 1.807) is 24.3 Å². The maximum atomic E-state index is 11.0. The minimum atomic E-state index is -1.03. The van der Waals surface area contributed by atoms with Gasteiger partial charge in [-0.25, -0.2) is 0 Å². The molecule has 0 aliphatic rings. The number of benzene rings is 2. The van der Waals surface area contributed by atoms with Crippen molar-refractivity contribution in [1.82, 2.24) is 0 Å². The number of carboxylic acids is 1. The Bertz CT molecular complexity index is 739. The Balaban J connectivity index is 2.21. The summed E-state index contributed by atoms with van der Waals surface area (Å²) in [6, 6.07) is 9.45. The molecule has 122 valence electrons. The summed E-state index contributed by atoms with van der Waals surface area (Å²) in [4.78, 5) is 11.0. The molecule has 2 atom stereocenters. The number of phenolic OH excluding ortho intramolecular Hbond substituents is 1. The van der Waals surface area contributed by atoms with Gasteiger partial charge in [0.1, 0.15) is 23.3 Å². The summed E-state index contributed by atoms with van der Waals surface area (Å²) >= 11 is 6.20. The van der Waals surface area contributed by atoms with Gasteiger partial charge in [-0.2, -0.15) is 0 Å². The van der Waals surface area contributed by atoms with Crippen LogP contribution in [0.3, 0.4) is 0 Å². The zero-order valence-electron chi connectivity index (χ0n) is 11.5. The molecular weight excluding hydrogens is 639 g/mol. The maximum absolute atomic E-state index is 11.0. The van der Waals surface area contributed by atoms with Crippen molar-refractivity contribution in [2.45, 2.75) is 9.97 Å². The van der Waals surface area contributed by atoms with E-state index in [1.165, 1.54) is 0 Å². The van der Waals surface area contributed by atoms with Crippen molar-refractivity contribution >= 4 is 73.7 Å². The molecule has 5 nitrogen and oxygen atoms in total. The molecule has 0 fully saturated rings. The van der Waals surface area contributed by atoms with Crippen LogP contribution in [0.4, 0.5) is 0 Å². The van der Waals surface area contributed by atoms with Crippen molar-refractivity contribution in [2.24, 2.45) is 5.73 Å². The molecule has 4 N–H and O–H groups in total. The minimum absolute atomic E-state index is 0.207. The van der Waals surface area contributed by atoms with Gasteiger partial charge in [-0.05, 0) is 81.1 Å². The van der Waals surface area contributed by atoms with Gasteiger partial charge in [0, 0.05) is 3.57 Å². The number of phenols is 1. The number of carbonyl (C=O) groups is 1. The average molecular weight is 651 g/mol. The first-order valence-corrected chi connectivity index (χ1v) is 9.78. The van der Waals surface area contributed by atoms with Gasteiger partial charge in [-0.15, -0.1) is 0 Å². The molecule has 0 saturated heterocycles. The smallest absolute Gasteiger partial charge is 0.321 e. The van der Waals surface area contributed by atoms with E-state index < -0.39 is 12.0 Å². The van der Waals surface area contributed by atoms with Crippen LogP contribution in [0.5, 0.6) is 17.2 Å². The lowest BCUT2D eigenvalue weighted by molar-refractivity contribution is -0.138. The van der Waals surface area contributed by atoms with Crippen LogP contribution in [0.1, 0.15) is 9.49 Å². The predicted octanol–water partition coefficient (Wildman–Crippen LogP) is 4.28. The van der Waals surface area contributed by atoms with Gasteiger partial charge in [-0.3, -0.25) is 4.79 Å². The predicted molar refractivity (Wildman–Crippen MR) is 112 cm³/mol. The standard InChI is InChI=1S/C15H12I3NO4/c16-10-5-7(23-8-2-4-12(20)11(17)6-8)1-3-9(10)13(18)14(19)15(21)22/h1-6,13-14,20H,19H2,(H,21,22)/t13?,14-/m1/s1. The molecule has 0 amide bonds. The number of alkyl halides is 1. The van der Waals surface area contributed by atoms with Crippen molar-refractivity contribution in [1.29, 1.82) is 0 Å². The second kappa shape index (κ2) is 8.16. The number of hydrogen-bond donors (Lipinski definition) is 3. The number of rotatable bonds is 5. The topological polar surface area (TPSA) is 92.8 Å². The third-order valence-corrected chi connectivity index (χ3v) is 6.27. The number of carboxylic acid groups (broad SMARTS) is 1. The zero-order valence-corrected chi connectivity index (χ0v) is 18.0. The fourth-order valence-corrected chi connectivity index (χ4v) is 4.56. The zero-order chi connectivity index (χ0) is 17.1. The molecule has 0 spiro atoms. The van der Waals surface area contributed by atoms with Crippen molar-refractivity contribution in [2.75, 3.05) is 0 Å². The van der Waals surface area contributed by atoms with E-state index in [4.69, 9.17) is 15.6 Å². The second-order valence-corrected chi connectivity index (χ2v) is 8.33. The van der Waals surface area contributed by atoms with Crippen LogP contribution in [-0.4, -0.2) is 22.2 Å². The van der Waals surface area contributed by atoms with Gasteiger partial charge < -0.3 is 20.7 Å². The average Bonchev–Trinajstić information content (AvgIpc) is 2.49.